The van der Waals surface area contributed by atoms with Crippen LogP contribution in [0.3, 0.4) is 0 Å². The van der Waals surface area contributed by atoms with E-state index in [1.165, 1.54) is 19.8 Å². The molecule has 0 amide bonds. The summed E-state index contributed by atoms with van der Waals surface area (Å²) in [6.07, 6.45) is 7.54. The lowest BCUT2D eigenvalue weighted by Crippen LogP contribution is -2.32. The van der Waals surface area contributed by atoms with Gasteiger partial charge in [-0.3, -0.25) is 26.2 Å². The van der Waals surface area contributed by atoms with E-state index in [2.05, 4.69) is 56.4 Å². The van der Waals surface area contributed by atoms with Gasteiger partial charge < -0.3 is 15.6 Å². The second-order valence-corrected chi connectivity index (χ2v) is 8.73. The fourth-order valence-corrected chi connectivity index (χ4v) is 2.76. The van der Waals surface area contributed by atoms with Crippen molar-refractivity contribution in [2.24, 2.45) is 15.9 Å². The predicted molar refractivity (Wildman–Crippen MR) is 182 cm³/mol. The number of aromatic nitrogens is 7. The molecule has 250 valence electrons. The van der Waals surface area contributed by atoms with Gasteiger partial charge in [0.15, 0.2) is 11.7 Å². The first kappa shape index (κ1) is 41.5. The highest BCUT2D eigenvalue weighted by Gasteiger charge is 2.07. The Morgan fingerprint density at radius 3 is 1.74 bits per heavy atom. The van der Waals surface area contributed by atoms with Crippen molar-refractivity contribution in [2.75, 3.05) is 19.8 Å². The van der Waals surface area contributed by atoms with Crippen LogP contribution in [0.1, 0.15) is 50.8 Å². The lowest BCUT2D eigenvalue weighted by molar-refractivity contribution is 0.198. The van der Waals surface area contributed by atoms with E-state index in [1.807, 2.05) is 49.4 Å². The number of amidine groups is 3. The van der Waals surface area contributed by atoms with Crippen molar-refractivity contribution in [3.05, 3.63) is 90.4 Å². The van der Waals surface area contributed by atoms with Crippen molar-refractivity contribution >= 4 is 29.9 Å². The summed E-state index contributed by atoms with van der Waals surface area (Å²) in [4.78, 5) is 11.9. The molecular weight excluding hydrogens is 624 g/mol. The minimum atomic E-state index is 0. The quantitative estimate of drug-likeness (QED) is 0.153. The molecule has 17 heteroatoms. The van der Waals surface area contributed by atoms with Crippen molar-refractivity contribution in [1.82, 2.24) is 46.2 Å². The van der Waals surface area contributed by atoms with Crippen LogP contribution in [0.5, 0.6) is 0 Å². The van der Waals surface area contributed by atoms with Gasteiger partial charge in [0.25, 0.3) is 0 Å². The summed E-state index contributed by atoms with van der Waals surface area (Å²) >= 11 is 0. The fraction of sp³-hybridized carbons (Fsp3) is 0.300. The number of aliphatic hydroxyl groups is 1. The fourth-order valence-electron chi connectivity index (χ4n) is 2.76. The molecule has 1 saturated heterocycles. The lowest BCUT2D eigenvalue weighted by Gasteiger charge is -2.11. The Morgan fingerprint density at radius 1 is 0.872 bits per heavy atom. The van der Waals surface area contributed by atoms with Gasteiger partial charge in [0.2, 0.25) is 5.82 Å². The molecule has 47 heavy (non-hydrogen) atoms. The predicted octanol–water partition coefficient (Wildman–Crippen LogP) is 3.02. The van der Waals surface area contributed by atoms with Gasteiger partial charge >= 0.3 is 0 Å². The second-order valence-electron chi connectivity index (χ2n) is 8.73. The summed E-state index contributed by atoms with van der Waals surface area (Å²) in [5.74, 6) is 2.54. The summed E-state index contributed by atoms with van der Waals surface area (Å²) in [6.45, 7) is 9.02. The summed E-state index contributed by atoms with van der Waals surface area (Å²) in [7, 11) is 0. The Bertz CT molecular complexity index is 1460. The summed E-state index contributed by atoms with van der Waals surface area (Å²) in [6, 6.07) is 18.3. The van der Waals surface area contributed by atoms with E-state index in [0.717, 1.165) is 24.7 Å². The van der Waals surface area contributed by atoms with Gasteiger partial charge in [0.1, 0.15) is 29.0 Å². The number of pyridine rings is 3. The minimum absolute atomic E-state index is 0. The maximum Gasteiger partial charge on any atom is 0.221 e. The number of ether oxygens (including phenoxy) is 1. The maximum absolute atomic E-state index is 8.23. The Kier molecular flexibility index (Phi) is 23.7. The molecule has 0 aromatic carbocycles. The van der Waals surface area contributed by atoms with Crippen molar-refractivity contribution in [3.63, 3.8) is 0 Å². The van der Waals surface area contributed by atoms with Crippen LogP contribution in [0.4, 0.5) is 0 Å². The molecule has 2 aliphatic rings. The number of hydrogen-bond donors (Lipinski definition) is 5. The van der Waals surface area contributed by atoms with Crippen LogP contribution in [0, 0.1) is 23.7 Å². The van der Waals surface area contributed by atoms with Gasteiger partial charge in [-0.25, -0.2) is 4.98 Å². The van der Waals surface area contributed by atoms with Gasteiger partial charge in [-0.1, -0.05) is 18.2 Å². The zero-order valence-corrected chi connectivity index (χ0v) is 27.6. The topological polar surface area (TPSA) is 242 Å². The third-order valence-corrected chi connectivity index (χ3v) is 4.65. The van der Waals surface area contributed by atoms with Crippen LogP contribution < -0.4 is 16.6 Å². The normalized spacial score (nSPS) is 11.7. The lowest BCUT2D eigenvalue weighted by atomic mass is 10.3. The summed E-state index contributed by atoms with van der Waals surface area (Å²) in [5, 5.41) is 45.4. The molecule has 6 heterocycles. The maximum atomic E-state index is 8.23. The number of aryl methyl sites for hydroxylation is 1. The number of hydrazone groups is 2. The molecule has 2 aliphatic heterocycles. The van der Waals surface area contributed by atoms with E-state index >= 15 is 0 Å². The van der Waals surface area contributed by atoms with Crippen LogP contribution in [0.25, 0.3) is 11.5 Å². The van der Waals surface area contributed by atoms with Crippen LogP contribution in [-0.4, -0.2) is 77.8 Å². The van der Waals surface area contributed by atoms with E-state index in [-0.39, 0.29) is 24.8 Å². The molecule has 0 spiro atoms. The molecular formula is C30H41ClN14O2. The van der Waals surface area contributed by atoms with Gasteiger partial charge in [-0.2, -0.15) is 15.5 Å². The van der Waals surface area contributed by atoms with Crippen LogP contribution in [0.2, 0.25) is 0 Å². The van der Waals surface area contributed by atoms with E-state index < -0.39 is 0 Å². The standard InChI is InChI=1S/C8H9N5.C8H7N5.C6H4N2.C4H8O.C2H6N2.C2H6O.ClH/c2*1-6-10-12-8(13-11-6)7-4-2-3-5-9-7;7-5-6-3-1-2-4-8-6;1-2-4-5-3-1;1-2(3)4;1-2-3;/h2-5H,1H3,(H,10,11)(H,12,13);2-5H,1H3;1-4H;1-4H2;1H3,(H3,3,4);3H,2H2,1H3;1H. The van der Waals surface area contributed by atoms with Crippen LogP contribution in [-0.2, 0) is 4.74 Å². The van der Waals surface area contributed by atoms with E-state index in [9.17, 15) is 0 Å². The first-order valence-electron chi connectivity index (χ1n) is 14.1. The molecule has 0 bridgehead atoms. The van der Waals surface area contributed by atoms with Gasteiger partial charge in [-0.15, -0.1) is 32.8 Å². The van der Waals surface area contributed by atoms with Crippen molar-refractivity contribution in [3.8, 4) is 17.6 Å². The highest BCUT2D eigenvalue weighted by atomic mass is 35.5. The number of nitrogens with two attached hydrogens (primary N) is 1. The van der Waals surface area contributed by atoms with E-state index in [1.54, 1.807) is 50.6 Å². The second kappa shape index (κ2) is 26.9. The molecule has 16 nitrogen and oxygen atoms in total. The first-order valence-corrected chi connectivity index (χ1v) is 14.1. The molecule has 0 aliphatic carbocycles. The molecule has 0 saturated carbocycles. The summed E-state index contributed by atoms with van der Waals surface area (Å²) < 4.78 is 4.94. The Balaban J connectivity index is 0.000000581. The first-order chi connectivity index (χ1) is 22.3. The van der Waals surface area contributed by atoms with Crippen molar-refractivity contribution in [2.45, 2.75) is 40.5 Å². The van der Waals surface area contributed by atoms with Gasteiger partial charge in [0, 0.05) is 38.4 Å². The highest BCUT2D eigenvalue weighted by Crippen LogP contribution is 2.06. The molecule has 6 N–H and O–H groups in total. The monoisotopic (exact) mass is 664 g/mol. The average Bonchev–Trinajstić information content (AvgIpc) is 3.68. The van der Waals surface area contributed by atoms with E-state index in [4.69, 9.17) is 26.2 Å². The minimum Gasteiger partial charge on any atom is -0.397 e. The average molecular weight is 665 g/mol. The third-order valence-electron chi connectivity index (χ3n) is 4.65. The largest absolute Gasteiger partial charge is 0.397 e. The number of aliphatic hydroxyl groups excluding tert-OH is 1. The third kappa shape index (κ3) is 21.0. The number of nitrogens with one attached hydrogen (secondary N) is 3. The molecule has 1 fully saturated rings. The highest BCUT2D eigenvalue weighted by molar-refractivity contribution is 5.99. The van der Waals surface area contributed by atoms with Crippen LogP contribution in [0.15, 0.2) is 83.4 Å². The number of rotatable bonds is 2. The number of hydrogen-bond acceptors (Lipinski definition) is 15. The van der Waals surface area contributed by atoms with Crippen molar-refractivity contribution < 1.29 is 9.84 Å². The Hall–Kier alpha value is -5.50. The molecule has 6 rings (SSSR count). The molecule has 0 atom stereocenters. The van der Waals surface area contributed by atoms with Crippen molar-refractivity contribution in [1.29, 1.82) is 10.7 Å². The smallest absolute Gasteiger partial charge is 0.221 e. The Morgan fingerprint density at radius 2 is 1.38 bits per heavy atom. The summed E-state index contributed by atoms with van der Waals surface area (Å²) in [5.41, 5.74) is 12.2. The van der Waals surface area contributed by atoms with Gasteiger partial charge in [-0.05, 0) is 76.9 Å². The van der Waals surface area contributed by atoms with Crippen LogP contribution >= 0.6 is 12.4 Å². The van der Waals surface area contributed by atoms with Gasteiger partial charge in [0.05, 0.1) is 5.84 Å². The number of nitrogens with zero attached hydrogens (tertiary/aromatic N) is 10. The molecule has 4 aromatic heterocycles. The van der Waals surface area contributed by atoms with E-state index in [0.29, 0.717) is 28.9 Å². The number of halogens is 1. The zero-order chi connectivity index (χ0) is 33.8. The molecule has 0 unspecified atom stereocenters. The number of nitriles is 1. The zero-order valence-electron chi connectivity index (χ0n) is 26.8. The molecule has 4 aromatic rings. The molecule has 0 radical (unpaired) electrons. The Labute approximate surface area is 280 Å². The SMILES string of the molecule is C1CCOC1.CC(=N)N.CC1=NNC(c2ccccn2)=NN1.CCO.Cc1nnc(-c2ccccn2)nn1.Cl.N#Cc1ccccn1.